The Labute approximate surface area is 183 Å². The summed E-state index contributed by atoms with van der Waals surface area (Å²) in [4.78, 5) is 34.1. The van der Waals surface area contributed by atoms with Crippen molar-refractivity contribution in [1.29, 1.82) is 0 Å². The lowest BCUT2D eigenvalue weighted by Gasteiger charge is -2.37. The molecule has 0 unspecified atom stereocenters. The molecule has 1 aliphatic heterocycles. The lowest BCUT2D eigenvalue weighted by molar-refractivity contribution is -0.129. The monoisotopic (exact) mass is 422 g/mol. The van der Waals surface area contributed by atoms with Crippen LogP contribution < -0.4 is 20.9 Å². The fraction of sp³-hybridized carbons (Fsp3) is 0.435. The lowest BCUT2D eigenvalue weighted by atomic mass is 9.91. The van der Waals surface area contributed by atoms with Gasteiger partial charge in [0.05, 0.1) is 11.3 Å². The minimum absolute atomic E-state index is 0.136. The van der Waals surface area contributed by atoms with Crippen LogP contribution in [0.3, 0.4) is 0 Å². The second-order valence-corrected chi connectivity index (χ2v) is 8.31. The fourth-order valence-corrected chi connectivity index (χ4v) is 4.15. The number of carbonyl (C=O) groups is 2. The molecule has 2 fully saturated rings. The molecule has 8 heteroatoms. The van der Waals surface area contributed by atoms with Crippen molar-refractivity contribution in [1.82, 2.24) is 9.88 Å². The van der Waals surface area contributed by atoms with E-state index in [4.69, 9.17) is 5.73 Å². The molecule has 164 valence electrons. The van der Waals surface area contributed by atoms with E-state index >= 15 is 0 Å². The molecule has 1 aromatic heterocycles. The Morgan fingerprint density at radius 2 is 1.81 bits per heavy atom. The first-order valence-corrected chi connectivity index (χ1v) is 10.8. The van der Waals surface area contributed by atoms with Gasteiger partial charge in [-0.3, -0.25) is 9.59 Å². The van der Waals surface area contributed by atoms with Crippen molar-refractivity contribution in [3.8, 4) is 0 Å². The maximum absolute atomic E-state index is 11.9. The number of hydrogen-bond donors (Lipinski definition) is 2. The first-order chi connectivity index (χ1) is 14.9. The molecular weight excluding hydrogens is 392 g/mol. The van der Waals surface area contributed by atoms with E-state index in [1.807, 2.05) is 30.1 Å². The Morgan fingerprint density at radius 3 is 2.35 bits per heavy atom. The summed E-state index contributed by atoms with van der Waals surface area (Å²) < 4.78 is 0. The Kier molecular flexibility index (Phi) is 5.97. The molecule has 0 radical (unpaired) electrons. The topological polar surface area (TPSA) is 94.8 Å². The highest BCUT2D eigenvalue weighted by molar-refractivity contribution is 5.99. The number of pyridine rings is 1. The molecule has 0 atom stereocenters. The van der Waals surface area contributed by atoms with Crippen molar-refractivity contribution in [2.24, 2.45) is 5.73 Å². The summed E-state index contributed by atoms with van der Waals surface area (Å²) in [7, 11) is 2.01. The standard InChI is InChI=1S/C23H30N6O2/c1-16(30)28-10-12-29(13-11-28)19-8-6-17(7-9-19)26-22-14-21(20(15-25-22)23(24)31)27(2)18-4-3-5-18/h6-9,14-15,18H,3-5,10-13H2,1-2H3,(H2,24,31)(H,25,26). The fourth-order valence-electron chi connectivity index (χ4n) is 4.15. The van der Waals surface area contributed by atoms with Crippen molar-refractivity contribution in [3.63, 3.8) is 0 Å². The summed E-state index contributed by atoms with van der Waals surface area (Å²) in [6.45, 7) is 4.79. The largest absolute Gasteiger partial charge is 0.371 e. The zero-order valence-electron chi connectivity index (χ0n) is 18.2. The van der Waals surface area contributed by atoms with E-state index in [9.17, 15) is 9.59 Å². The number of nitrogens with two attached hydrogens (primary N) is 1. The minimum Gasteiger partial charge on any atom is -0.371 e. The first kappa shape index (κ1) is 21.0. The second-order valence-electron chi connectivity index (χ2n) is 8.31. The Hall–Kier alpha value is -3.29. The third kappa shape index (κ3) is 4.57. The average molecular weight is 423 g/mol. The molecule has 2 amide bonds. The number of primary amides is 1. The third-order valence-electron chi connectivity index (χ3n) is 6.38. The highest BCUT2D eigenvalue weighted by Gasteiger charge is 2.25. The van der Waals surface area contributed by atoms with Crippen LogP contribution in [0.25, 0.3) is 0 Å². The molecule has 2 aliphatic rings. The number of anilines is 4. The van der Waals surface area contributed by atoms with E-state index in [1.54, 1.807) is 13.1 Å². The van der Waals surface area contributed by atoms with Crippen LogP contribution >= 0.6 is 0 Å². The number of amides is 2. The van der Waals surface area contributed by atoms with Crippen LogP contribution in [-0.2, 0) is 4.79 Å². The zero-order chi connectivity index (χ0) is 22.0. The third-order valence-corrected chi connectivity index (χ3v) is 6.38. The van der Waals surface area contributed by atoms with Crippen LogP contribution in [0.15, 0.2) is 36.5 Å². The molecule has 1 saturated carbocycles. The number of nitrogens with one attached hydrogen (secondary N) is 1. The van der Waals surface area contributed by atoms with Gasteiger partial charge in [-0.2, -0.15) is 0 Å². The van der Waals surface area contributed by atoms with Gasteiger partial charge >= 0.3 is 0 Å². The van der Waals surface area contributed by atoms with E-state index in [0.29, 0.717) is 17.4 Å². The molecule has 1 aliphatic carbocycles. The Bertz CT molecular complexity index is 949. The van der Waals surface area contributed by atoms with Crippen molar-refractivity contribution in [2.45, 2.75) is 32.2 Å². The van der Waals surface area contributed by atoms with Crippen molar-refractivity contribution in [3.05, 3.63) is 42.1 Å². The normalized spacial score (nSPS) is 16.6. The van der Waals surface area contributed by atoms with Gasteiger partial charge in [0, 0.05) is 69.8 Å². The van der Waals surface area contributed by atoms with Crippen LogP contribution in [0.2, 0.25) is 0 Å². The molecule has 31 heavy (non-hydrogen) atoms. The summed E-state index contributed by atoms with van der Waals surface area (Å²) in [5.74, 6) is 0.347. The number of hydrogen-bond acceptors (Lipinski definition) is 6. The van der Waals surface area contributed by atoms with E-state index in [2.05, 4.69) is 32.2 Å². The number of aromatic nitrogens is 1. The van der Waals surface area contributed by atoms with Gasteiger partial charge in [0.25, 0.3) is 5.91 Å². The van der Waals surface area contributed by atoms with Gasteiger partial charge in [0.1, 0.15) is 5.82 Å². The summed E-state index contributed by atoms with van der Waals surface area (Å²) >= 11 is 0. The number of nitrogens with zero attached hydrogens (tertiary/aromatic N) is 4. The molecular formula is C23H30N6O2. The van der Waals surface area contributed by atoms with Crippen LogP contribution in [-0.4, -0.2) is 61.0 Å². The van der Waals surface area contributed by atoms with Gasteiger partial charge < -0.3 is 25.8 Å². The van der Waals surface area contributed by atoms with Crippen molar-refractivity contribution in [2.75, 3.05) is 48.3 Å². The van der Waals surface area contributed by atoms with E-state index in [-0.39, 0.29) is 5.91 Å². The smallest absolute Gasteiger partial charge is 0.252 e. The predicted molar refractivity (Wildman–Crippen MR) is 123 cm³/mol. The molecule has 0 spiro atoms. The van der Waals surface area contributed by atoms with Crippen LogP contribution in [0, 0.1) is 0 Å². The maximum atomic E-state index is 11.9. The van der Waals surface area contributed by atoms with E-state index in [0.717, 1.165) is 56.1 Å². The van der Waals surface area contributed by atoms with E-state index in [1.165, 1.54) is 6.42 Å². The molecule has 0 bridgehead atoms. The molecule has 8 nitrogen and oxygen atoms in total. The van der Waals surface area contributed by atoms with Crippen molar-refractivity contribution < 1.29 is 9.59 Å². The summed E-state index contributed by atoms with van der Waals surface area (Å²) in [5.41, 5.74) is 8.89. The highest BCUT2D eigenvalue weighted by Crippen LogP contribution is 2.32. The molecule has 3 N–H and O–H groups in total. The second kappa shape index (κ2) is 8.83. The van der Waals surface area contributed by atoms with Gasteiger partial charge in [0.15, 0.2) is 0 Å². The minimum atomic E-state index is -0.463. The van der Waals surface area contributed by atoms with Crippen molar-refractivity contribution >= 4 is 34.7 Å². The Morgan fingerprint density at radius 1 is 1.13 bits per heavy atom. The van der Waals surface area contributed by atoms with Gasteiger partial charge in [-0.15, -0.1) is 0 Å². The molecule has 1 aromatic carbocycles. The molecule has 2 heterocycles. The van der Waals surface area contributed by atoms with Crippen LogP contribution in [0.1, 0.15) is 36.5 Å². The average Bonchev–Trinajstić information content (AvgIpc) is 2.73. The Balaban J connectivity index is 1.45. The zero-order valence-corrected chi connectivity index (χ0v) is 18.2. The summed E-state index contributed by atoms with van der Waals surface area (Å²) in [6.07, 6.45) is 5.02. The number of rotatable bonds is 6. The quantitative estimate of drug-likeness (QED) is 0.743. The van der Waals surface area contributed by atoms with Gasteiger partial charge in [0.2, 0.25) is 5.91 Å². The van der Waals surface area contributed by atoms with Gasteiger partial charge in [-0.05, 0) is 43.5 Å². The lowest BCUT2D eigenvalue weighted by Crippen LogP contribution is -2.48. The molecule has 2 aromatic rings. The van der Waals surface area contributed by atoms with Crippen LogP contribution in [0.4, 0.5) is 22.9 Å². The summed E-state index contributed by atoms with van der Waals surface area (Å²) in [5, 5.41) is 3.33. The first-order valence-electron chi connectivity index (χ1n) is 10.8. The number of benzene rings is 1. The predicted octanol–water partition coefficient (Wildman–Crippen LogP) is 2.58. The summed E-state index contributed by atoms with van der Waals surface area (Å²) in [6, 6.07) is 10.5. The number of piperazine rings is 1. The van der Waals surface area contributed by atoms with Crippen LogP contribution in [0.5, 0.6) is 0 Å². The molecule has 1 saturated heterocycles. The number of carbonyl (C=O) groups excluding carboxylic acids is 2. The van der Waals surface area contributed by atoms with E-state index < -0.39 is 5.91 Å². The maximum Gasteiger partial charge on any atom is 0.252 e. The van der Waals surface area contributed by atoms with Gasteiger partial charge in [-0.1, -0.05) is 0 Å². The molecule has 4 rings (SSSR count). The SMILES string of the molecule is CC(=O)N1CCN(c2ccc(Nc3cc(N(C)C4CCC4)c(C(N)=O)cn3)cc2)CC1. The highest BCUT2D eigenvalue weighted by atomic mass is 16.2. The van der Waals surface area contributed by atoms with Gasteiger partial charge in [-0.25, -0.2) is 4.98 Å².